The van der Waals surface area contributed by atoms with Gasteiger partial charge in [0.1, 0.15) is 11.2 Å². The quantitative estimate of drug-likeness (QED) is 0.764. The summed E-state index contributed by atoms with van der Waals surface area (Å²) in [5.41, 5.74) is -0.209. The molecular weight excluding hydrogens is 228 g/mol. The number of hydrogen-bond donors (Lipinski definition) is 0. The van der Waals surface area contributed by atoms with Crippen LogP contribution in [-0.4, -0.2) is 17.5 Å². The van der Waals surface area contributed by atoms with E-state index >= 15 is 0 Å². The lowest BCUT2D eigenvalue weighted by Crippen LogP contribution is -2.27. The van der Waals surface area contributed by atoms with Crippen molar-refractivity contribution in [2.45, 2.75) is 52.7 Å². The number of benzene rings is 1. The Hall–Kier alpha value is -1.51. The highest BCUT2D eigenvalue weighted by Crippen LogP contribution is 2.35. The van der Waals surface area contributed by atoms with Crippen LogP contribution in [0.3, 0.4) is 0 Å². The molecule has 3 nitrogen and oxygen atoms in total. The zero-order chi connectivity index (χ0) is 14.0. The van der Waals surface area contributed by atoms with Crippen LogP contribution in [0, 0.1) is 0 Å². The molecule has 0 bridgehead atoms. The van der Waals surface area contributed by atoms with Gasteiger partial charge in [-0.1, -0.05) is 6.07 Å². The Morgan fingerprint density at radius 3 is 1.94 bits per heavy atom. The molecule has 0 radical (unpaired) electrons. The number of carbonyl (C=O) groups is 1. The highest BCUT2D eigenvalue weighted by molar-refractivity contribution is 5.81. The molecule has 0 saturated carbocycles. The van der Waals surface area contributed by atoms with Crippen LogP contribution < -0.4 is 9.47 Å². The lowest BCUT2D eigenvalue weighted by Gasteiger charge is -2.27. The van der Waals surface area contributed by atoms with Crippen LogP contribution in [0.2, 0.25) is 0 Å². The molecule has 0 N–H and O–H groups in total. The van der Waals surface area contributed by atoms with Gasteiger partial charge in [-0.25, -0.2) is 0 Å². The fraction of sp³-hybridized carbons (Fsp3) is 0.533. The predicted octanol–water partition coefficient (Wildman–Crippen LogP) is 3.85. The van der Waals surface area contributed by atoms with E-state index in [2.05, 4.69) is 0 Å². The molecule has 0 saturated heterocycles. The van der Waals surface area contributed by atoms with Gasteiger partial charge in [-0.2, -0.15) is 0 Å². The van der Waals surface area contributed by atoms with E-state index in [9.17, 15) is 4.79 Å². The van der Waals surface area contributed by atoms with Crippen LogP contribution in [0.15, 0.2) is 18.2 Å². The van der Waals surface area contributed by atoms with Crippen LogP contribution in [0.1, 0.15) is 51.9 Å². The van der Waals surface area contributed by atoms with Gasteiger partial charge in [0.05, 0.1) is 5.56 Å². The maximum Gasteiger partial charge on any atom is 0.172 e. The van der Waals surface area contributed by atoms with E-state index in [0.29, 0.717) is 17.1 Å². The average Bonchev–Trinajstić information content (AvgIpc) is 2.16. The largest absolute Gasteiger partial charge is 0.484 e. The van der Waals surface area contributed by atoms with Gasteiger partial charge in [-0.05, 0) is 53.7 Å². The number of aldehydes is 1. The first-order valence-electron chi connectivity index (χ1n) is 6.08. The van der Waals surface area contributed by atoms with Crippen molar-refractivity contribution in [2.75, 3.05) is 0 Å². The number of carbonyl (C=O) groups excluding carboxylic acids is 1. The van der Waals surface area contributed by atoms with Crippen LogP contribution in [0.4, 0.5) is 0 Å². The van der Waals surface area contributed by atoms with Gasteiger partial charge in [0, 0.05) is 0 Å². The second-order valence-corrected chi connectivity index (χ2v) is 6.22. The summed E-state index contributed by atoms with van der Waals surface area (Å²) in [6, 6.07) is 5.34. The minimum atomic E-state index is -0.380. The first-order chi connectivity index (χ1) is 8.12. The second-order valence-electron chi connectivity index (χ2n) is 6.22. The zero-order valence-corrected chi connectivity index (χ0v) is 12.0. The summed E-state index contributed by atoms with van der Waals surface area (Å²) in [5, 5.41) is 0. The number of ether oxygens (including phenoxy) is 2. The van der Waals surface area contributed by atoms with Crippen molar-refractivity contribution in [3.8, 4) is 11.5 Å². The van der Waals surface area contributed by atoms with E-state index in [1.165, 1.54) is 0 Å². The molecule has 0 heterocycles. The minimum absolute atomic E-state index is 0.336. The lowest BCUT2D eigenvalue weighted by molar-refractivity contribution is 0.0928. The van der Waals surface area contributed by atoms with Crippen LogP contribution >= 0.6 is 0 Å². The molecule has 0 unspecified atom stereocenters. The van der Waals surface area contributed by atoms with Crippen molar-refractivity contribution < 1.29 is 14.3 Å². The lowest BCUT2D eigenvalue weighted by atomic mass is 10.1. The van der Waals surface area contributed by atoms with Gasteiger partial charge in [-0.15, -0.1) is 0 Å². The third-order valence-electron chi connectivity index (χ3n) is 1.96. The van der Waals surface area contributed by atoms with Crippen molar-refractivity contribution in [1.82, 2.24) is 0 Å². The normalized spacial score (nSPS) is 12.1. The third-order valence-corrected chi connectivity index (χ3v) is 1.96. The molecule has 1 rings (SSSR count). The maximum atomic E-state index is 11.1. The van der Waals surface area contributed by atoms with Crippen molar-refractivity contribution in [1.29, 1.82) is 0 Å². The van der Waals surface area contributed by atoms with E-state index < -0.39 is 0 Å². The second kappa shape index (κ2) is 5.01. The SMILES string of the molecule is CC(C)(C)Oc1cccc(C=O)c1OC(C)(C)C. The van der Waals surface area contributed by atoms with Gasteiger partial charge in [-0.3, -0.25) is 4.79 Å². The third kappa shape index (κ3) is 4.40. The van der Waals surface area contributed by atoms with Gasteiger partial charge < -0.3 is 9.47 Å². The monoisotopic (exact) mass is 250 g/mol. The van der Waals surface area contributed by atoms with Gasteiger partial charge in [0.15, 0.2) is 17.8 Å². The van der Waals surface area contributed by atoms with Crippen molar-refractivity contribution in [2.24, 2.45) is 0 Å². The van der Waals surface area contributed by atoms with E-state index in [-0.39, 0.29) is 11.2 Å². The van der Waals surface area contributed by atoms with Crippen molar-refractivity contribution >= 4 is 6.29 Å². The summed E-state index contributed by atoms with van der Waals surface area (Å²) in [4.78, 5) is 11.1. The Kier molecular flexibility index (Phi) is 4.05. The van der Waals surface area contributed by atoms with Gasteiger partial charge in [0.2, 0.25) is 0 Å². The number of para-hydroxylation sites is 1. The van der Waals surface area contributed by atoms with Crippen LogP contribution in [0.25, 0.3) is 0 Å². The van der Waals surface area contributed by atoms with E-state index in [1.54, 1.807) is 12.1 Å². The van der Waals surface area contributed by atoms with Crippen LogP contribution in [-0.2, 0) is 0 Å². The molecule has 0 aliphatic heterocycles. The molecule has 0 amide bonds. The zero-order valence-electron chi connectivity index (χ0n) is 12.0. The molecule has 1 aromatic carbocycles. The molecule has 18 heavy (non-hydrogen) atoms. The van der Waals surface area contributed by atoms with E-state index in [4.69, 9.17) is 9.47 Å². The molecular formula is C15H22O3. The smallest absolute Gasteiger partial charge is 0.172 e. The summed E-state index contributed by atoms with van der Waals surface area (Å²) in [5.74, 6) is 1.11. The topological polar surface area (TPSA) is 35.5 Å². The summed E-state index contributed by atoms with van der Waals surface area (Å²) in [6.45, 7) is 11.7. The first-order valence-corrected chi connectivity index (χ1v) is 6.08. The van der Waals surface area contributed by atoms with Gasteiger partial charge >= 0.3 is 0 Å². The number of hydrogen-bond acceptors (Lipinski definition) is 3. The Labute approximate surface area is 109 Å². The summed E-state index contributed by atoms with van der Waals surface area (Å²) in [6.07, 6.45) is 0.788. The maximum absolute atomic E-state index is 11.1. The van der Waals surface area contributed by atoms with Crippen molar-refractivity contribution in [3.05, 3.63) is 23.8 Å². The molecule has 0 aliphatic rings. The molecule has 1 aromatic rings. The Morgan fingerprint density at radius 1 is 0.944 bits per heavy atom. The summed E-state index contributed by atoms with van der Waals surface area (Å²) in [7, 11) is 0. The molecule has 0 spiro atoms. The summed E-state index contributed by atoms with van der Waals surface area (Å²) < 4.78 is 11.7. The Morgan fingerprint density at radius 2 is 1.50 bits per heavy atom. The van der Waals surface area contributed by atoms with Gasteiger partial charge in [0.25, 0.3) is 0 Å². The average molecular weight is 250 g/mol. The van der Waals surface area contributed by atoms with Crippen LogP contribution in [0.5, 0.6) is 11.5 Å². The minimum Gasteiger partial charge on any atom is -0.484 e. The highest BCUT2D eigenvalue weighted by Gasteiger charge is 2.21. The molecule has 100 valence electrons. The molecule has 0 atom stereocenters. The molecule has 0 fully saturated rings. The molecule has 0 aromatic heterocycles. The molecule has 3 heteroatoms. The Balaban J connectivity index is 3.20. The van der Waals surface area contributed by atoms with Crippen molar-refractivity contribution in [3.63, 3.8) is 0 Å². The predicted molar refractivity (Wildman–Crippen MR) is 72.6 cm³/mol. The summed E-state index contributed by atoms with van der Waals surface area (Å²) >= 11 is 0. The first kappa shape index (κ1) is 14.6. The fourth-order valence-corrected chi connectivity index (χ4v) is 1.45. The highest BCUT2D eigenvalue weighted by atomic mass is 16.5. The number of rotatable bonds is 3. The van der Waals surface area contributed by atoms with E-state index in [1.807, 2.05) is 47.6 Å². The fourth-order valence-electron chi connectivity index (χ4n) is 1.45. The standard InChI is InChI=1S/C15H22O3/c1-14(2,3)17-12-9-7-8-11(10-16)13(12)18-15(4,5)6/h7-10H,1-6H3. The molecule has 0 aliphatic carbocycles. The van der Waals surface area contributed by atoms with E-state index in [0.717, 1.165) is 6.29 Å². The Bertz CT molecular complexity index is 422.